The lowest BCUT2D eigenvalue weighted by molar-refractivity contribution is 0.0370. The summed E-state index contributed by atoms with van der Waals surface area (Å²) in [5, 5.41) is 0. The van der Waals surface area contributed by atoms with Crippen molar-refractivity contribution in [3.8, 4) is 0 Å². The largest absolute Gasteiger partial charge is 0.508 e. The number of carbonyl (C=O) groups excluding carboxylic acids is 2. The molecule has 0 rings (SSSR count). The highest BCUT2D eigenvalue weighted by Gasteiger charge is 2.17. The Balaban J connectivity index is 3.47. The molecule has 0 aliphatic rings. The van der Waals surface area contributed by atoms with Crippen molar-refractivity contribution in [2.75, 3.05) is 26.4 Å². The average molecular weight is 433 g/mol. The Bertz CT molecular complexity index is 360. The second kappa shape index (κ2) is 12.8. The van der Waals surface area contributed by atoms with Gasteiger partial charge in [-0.05, 0) is 24.9 Å². The molecule has 0 fully saturated rings. The van der Waals surface area contributed by atoms with E-state index in [0.29, 0.717) is 19.6 Å². The van der Waals surface area contributed by atoms with Crippen molar-refractivity contribution in [3.05, 3.63) is 0 Å². The van der Waals surface area contributed by atoms with Crippen LogP contribution in [0.5, 0.6) is 0 Å². The molecule has 0 aliphatic carbocycles. The van der Waals surface area contributed by atoms with Crippen LogP contribution in [-0.4, -0.2) is 53.5 Å². The summed E-state index contributed by atoms with van der Waals surface area (Å²) in [7, 11) is -3.25. The third kappa shape index (κ3) is 19.7. The Kier molecular flexibility index (Phi) is 12.6. The van der Waals surface area contributed by atoms with Gasteiger partial charge in [0.1, 0.15) is 0 Å². The molecular formula is C15H30Cl2O6Si2. The van der Waals surface area contributed by atoms with Crippen molar-refractivity contribution in [2.45, 2.75) is 57.5 Å². The van der Waals surface area contributed by atoms with Gasteiger partial charge in [0.15, 0.2) is 14.8 Å². The molecule has 0 radical (unpaired) electrons. The molecule has 148 valence electrons. The van der Waals surface area contributed by atoms with E-state index in [1.807, 2.05) is 26.2 Å². The molecule has 0 spiro atoms. The van der Waals surface area contributed by atoms with Gasteiger partial charge in [-0.2, -0.15) is 22.2 Å². The van der Waals surface area contributed by atoms with Crippen molar-refractivity contribution in [1.82, 2.24) is 0 Å². The normalized spacial score (nSPS) is 11.8. The van der Waals surface area contributed by atoms with Crippen LogP contribution in [0.15, 0.2) is 0 Å². The van der Waals surface area contributed by atoms with Gasteiger partial charge in [0, 0.05) is 6.42 Å². The Morgan fingerprint density at radius 3 is 1.20 bits per heavy atom. The zero-order chi connectivity index (χ0) is 19.3. The summed E-state index contributed by atoms with van der Waals surface area (Å²) in [6.07, 6.45) is 0.411. The number of hydrogen-bond acceptors (Lipinski definition) is 6. The van der Waals surface area contributed by atoms with E-state index in [9.17, 15) is 9.59 Å². The lowest BCUT2D eigenvalue weighted by Gasteiger charge is -2.12. The molecule has 0 N–H and O–H groups in total. The molecule has 25 heavy (non-hydrogen) atoms. The standard InChI is InChI=1S/C15H30Cl2O6Si2/c1-24(2,16)12-6-10-22-14(18)20-8-5-9-21-15(19)23-11-7-13-25(3,4)17/h5-13H2,1-4H3. The molecule has 0 aromatic heterocycles. The smallest absolute Gasteiger partial charge is 0.434 e. The highest BCUT2D eigenvalue weighted by molar-refractivity contribution is 7.19. The van der Waals surface area contributed by atoms with Crippen LogP contribution in [0.25, 0.3) is 0 Å². The summed E-state index contributed by atoms with van der Waals surface area (Å²) in [4.78, 5) is 22.6. The van der Waals surface area contributed by atoms with E-state index in [2.05, 4.69) is 0 Å². The summed E-state index contributed by atoms with van der Waals surface area (Å²) >= 11 is 12.3. The minimum Gasteiger partial charge on any atom is -0.434 e. The quantitative estimate of drug-likeness (QED) is 0.179. The number of hydrogen-bond donors (Lipinski definition) is 0. The Hall–Kier alpha value is -0.446. The summed E-state index contributed by atoms with van der Waals surface area (Å²) in [6.45, 7) is 8.99. The molecule has 6 nitrogen and oxygen atoms in total. The summed E-state index contributed by atoms with van der Waals surface area (Å²) in [5.74, 6) is 0. The molecule has 0 amide bonds. The summed E-state index contributed by atoms with van der Waals surface area (Å²) in [5.41, 5.74) is 0. The maximum absolute atomic E-state index is 11.3. The van der Waals surface area contributed by atoms with Gasteiger partial charge >= 0.3 is 12.3 Å². The first-order chi connectivity index (χ1) is 11.5. The fourth-order valence-corrected chi connectivity index (χ4v) is 4.52. The van der Waals surface area contributed by atoms with Gasteiger partial charge < -0.3 is 18.9 Å². The molecule has 10 heteroatoms. The highest BCUT2D eigenvalue weighted by Crippen LogP contribution is 2.16. The van der Waals surface area contributed by atoms with Crippen molar-refractivity contribution in [2.24, 2.45) is 0 Å². The van der Waals surface area contributed by atoms with Gasteiger partial charge in [-0.1, -0.05) is 26.2 Å². The molecule has 0 bridgehead atoms. The van der Waals surface area contributed by atoms with Crippen LogP contribution in [0.2, 0.25) is 38.3 Å². The van der Waals surface area contributed by atoms with Gasteiger partial charge in [0.05, 0.1) is 26.4 Å². The van der Waals surface area contributed by atoms with Gasteiger partial charge in [0.2, 0.25) is 0 Å². The molecule has 0 saturated carbocycles. The zero-order valence-electron chi connectivity index (χ0n) is 15.6. The van der Waals surface area contributed by atoms with Gasteiger partial charge in [-0.25, -0.2) is 9.59 Å². The first kappa shape index (κ1) is 24.6. The van der Waals surface area contributed by atoms with Gasteiger partial charge in [-0.3, -0.25) is 0 Å². The SMILES string of the molecule is C[Si](C)(Cl)CCCOC(=O)OCCCOC(=O)OCCC[Si](C)(C)Cl. The Labute approximate surface area is 161 Å². The zero-order valence-corrected chi connectivity index (χ0v) is 19.1. The molecular weight excluding hydrogens is 403 g/mol. The van der Waals surface area contributed by atoms with Crippen LogP contribution in [0.1, 0.15) is 19.3 Å². The number of halogens is 2. The molecule has 0 heterocycles. The minimum atomic E-state index is -1.62. The van der Waals surface area contributed by atoms with E-state index >= 15 is 0 Å². The van der Waals surface area contributed by atoms with Gasteiger partial charge in [-0.15, -0.1) is 0 Å². The maximum Gasteiger partial charge on any atom is 0.508 e. The number of rotatable bonds is 12. The van der Waals surface area contributed by atoms with Crippen molar-refractivity contribution < 1.29 is 28.5 Å². The molecule has 0 aromatic carbocycles. The predicted molar refractivity (Wildman–Crippen MR) is 105 cm³/mol. The topological polar surface area (TPSA) is 71.1 Å². The number of carbonyl (C=O) groups is 2. The first-order valence-corrected chi connectivity index (χ1v) is 16.9. The molecule has 0 aliphatic heterocycles. The van der Waals surface area contributed by atoms with Crippen LogP contribution in [0.4, 0.5) is 9.59 Å². The fourth-order valence-electron chi connectivity index (χ4n) is 1.75. The van der Waals surface area contributed by atoms with E-state index in [1.54, 1.807) is 0 Å². The first-order valence-electron chi connectivity index (χ1n) is 8.46. The van der Waals surface area contributed by atoms with Crippen LogP contribution >= 0.6 is 22.2 Å². The van der Waals surface area contributed by atoms with E-state index in [4.69, 9.17) is 41.1 Å². The average Bonchev–Trinajstić information content (AvgIpc) is 2.46. The van der Waals surface area contributed by atoms with Crippen LogP contribution in [0.3, 0.4) is 0 Å². The van der Waals surface area contributed by atoms with Crippen molar-refractivity contribution in [3.63, 3.8) is 0 Å². The monoisotopic (exact) mass is 432 g/mol. The van der Waals surface area contributed by atoms with Crippen molar-refractivity contribution in [1.29, 1.82) is 0 Å². The Morgan fingerprint density at radius 2 is 0.920 bits per heavy atom. The van der Waals surface area contributed by atoms with E-state index in [0.717, 1.165) is 24.9 Å². The second-order valence-corrected chi connectivity index (χ2v) is 20.9. The lowest BCUT2D eigenvalue weighted by atomic mass is 10.5. The molecule has 0 aromatic rings. The third-order valence-electron chi connectivity index (χ3n) is 3.00. The van der Waals surface area contributed by atoms with Crippen molar-refractivity contribution >= 4 is 49.2 Å². The van der Waals surface area contributed by atoms with E-state index in [1.165, 1.54) is 0 Å². The third-order valence-corrected chi connectivity index (χ3v) is 7.22. The molecule has 0 saturated heterocycles. The molecule has 0 unspecified atom stereocenters. The summed E-state index contributed by atoms with van der Waals surface area (Å²) in [6, 6.07) is 1.75. The predicted octanol–water partition coefficient (Wildman–Crippen LogP) is 5.35. The van der Waals surface area contributed by atoms with Crippen LogP contribution in [-0.2, 0) is 18.9 Å². The highest BCUT2D eigenvalue weighted by atomic mass is 35.6. The number of ether oxygens (including phenoxy) is 4. The van der Waals surface area contributed by atoms with Gasteiger partial charge in [0.25, 0.3) is 0 Å². The minimum absolute atomic E-state index is 0.119. The van der Waals surface area contributed by atoms with E-state index in [-0.39, 0.29) is 13.2 Å². The lowest BCUT2D eigenvalue weighted by Crippen LogP contribution is -2.18. The Morgan fingerprint density at radius 1 is 0.640 bits per heavy atom. The summed E-state index contributed by atoms with van der Waals surface area (Å²) < 4.78 is 19.6. The van der Waals surface area contributed by atoms with Crippen LogP contribution < -0.4 is 0 Å². The molecule has 0 atom stereocenters. The van der Waals surface area contributed by atoms with E-state index < -0.39 is 27.1 Å². The maximum atomic E-state index is 11.3. The fraction of sp³-hybridized carbons (Fsp3) is 0.867. The van der Waals surface area contributed by atoms with Crippen LogP contribution in [0, 0.1) is 0 Å². The second-order valence-electron chi connectivity index (χ2n) is 6.89.